The number of hydrogen-bond donors (Lipinski definition) is 2. The molecule has 0 bridgehead atoms. The average Bonchev–Trinajstić information content (AvgIpc) is 3.14. The second-order valence-electron chi connectivity index (χ2n) is 5.54. The number of carbonyl (C=O) groups excluding carboxylic acids is 1. The highest BCUT2D eigenvalue weighted by Crippen LogP contribution is 2.15. The van der Waals surface area contributed by atoms with E-state index in [4.69, 9.17) is 4.74 Å². The van der Waals surface area contributed by atoms with Gasteiger partial charge in [0, 0.05) is 20.2 Å². The molecule has 8 heteroatoms. The van der Waals surface area contributed by atoms with Gasteiger partial charge in [-0.1, -0.05) is 0 Å². The van der Waals surface area contributed by atoms with Crippen molar-refractivity contribution in [2.45, 2.75) is 19.1 Å². The van der Waals surface area contributed by atoms with Gasteiger partial charge in [0.2, 0.25) is 0 Å². The Balaban J connectivity index is 0.00000208. The predicted octanol–water partition coefficient (Wildman–Crippen LogP) is 1.46. The van der Waals surface area contributed by atoms with Gasteiger partial charge in [-0.3, -0.25) is 4.79 Å². The van der Waals surface area contributed by atoms with Gasteiger partial charge in [0.1, 0.15) is 5.82 Å². The molecule has 1 aliphatic rings. The summed E-state index contributed by atoms with van der Waals surface area (Å²) in [6.07, 6.45) is 1.49. The van der Waals surface area contributed by atoms with Crippen molar-refractivity contribution in [2.24, 2.45) is 0 Å². The topological polar surface area (TPSA) is 68.2 Å². The molecule has 0 radical (unpaired) electrons. The smallest absolute Gasteiger partial charge is 0.255 e. The van der Waals surface area contributed by atoms with E-state index in [0.29, 0.717) is 23.5 Å². The number of methoxy groups -OCH3 is 1. The summed E-state index contributed by atoms with van der Waals surface area (Å²) in [5.41, 5.74) is 1.91. The van der Waals surface area contributed by atoms with E-state index in [2.05, 4.69) is 15.7 Å². The van der Waals surface area contributed by atoms with Crippen LogP contribution in [-0.4, -0.2) is 48.0 Å². The SMILES string of the molecule is COC1CNCC1NC(=O)c1cnn(-c2ccc(F)cc2)c1C.Cl. The van der Waals surface area contributed by atoms with E-state index in [-0.39, 0.29) is 36.3 Å². The number of nitrogens with zero attached hydrogens (tertiary/aromatic N) is 2. The Bertz CT molecular complexity index is 705. The molecular formula is C16H20ClFN4O2. The third kappa shape index (κ3) is 3.58. The fourth-order valence-corrected chi connectivity index (χ4v) is 2.77. The Kier molecular flexibility index (Phi) is 5.93. The third-order valence-electron chi connectivity index (χ3n) is 4.10. The van der Waals surface area contributed by atoms with Gasteiger partial charge in [-0.15, -0.1) is 12.4 Å². The van der Waals surface area contributed by atoms with Gasteiger partial charge in [-0.05, 0) is 31.2 Å². The summed E-state index contributed by atoms with van der Waals surface area (Å²) in [5.74, 6) is -0.498. The van der Waals surface area contributed by atoms with E-state index in [1.807, 2.05) is 6.92 Å². The summed E-state index contributed by atoms with van der Waals surface area (Å²) < 4.78 is 20.0. The van der Waals surface area contributed by atoms with Crippen LogP contribution >= 0.6 is 12.4 Å². The molecule has 1 aromatic heterocycles. The van der Waals surface area contributed by atoms with Gasteiger partial charge >= 0.3 is 0 Å². The molecule has 2 unspecified atom stereocenters. The van der Waals surface area contributed by atoms with Crippen molar-refractivity contribution < 1.29 is 13.9 Å². The standard InChI is InChI=1S/C16H19FN4O2.ClH/c1-10-13(16(22)20-14-8-18-9-15(14)23-2)7-19-21(10)12-5-3-11(17)4-6-12;/h3-7,14-15,18H,8-9H2,1-2H3,(H,20,22);1H. The molecule has 2 aromatic rings. The first-order valence-corrected chi connectivity index (χ1v) is 7.45. The van der Waals surface area contributed by atoms with Crippen molar-refractivity contribution in [3.05, 3.63) is 47.5 Å². The Morgan fingerprint density at radius 3 is 2.75 bits per heavy atom. The van der Waals surface area contributed by atoms with E-state index < -0.39 is 0 Å². The molecule has 2 heterocycles. The van der Waals surface area contributed by atoms with Gasteiger partial charge in [0.05, 0.1) is 35.3 Å². The van der Waals surface area contributed by atoms with Crippen LogP contribution in [0.15, 0.2) is 30.5 Å². The molecule has 1 amide bonds. The maximum Gasteiger partial charge on any atom is 0.255 e. The lowest BCUT2D eigenvalue weighted by Gasteiger charge is -2.18. The number of hydrogen-bond acceptors (Lipinski definition) is 4. The van der Waals surface area contributed by atoms with Crippen molar-refractivity contribution >= 4 is 18.3 Å². The van der Waals surface area contributed by atoms with E-state index >= 15 is 0 Å². The van der Waals surface area contributed by atoms with Crippen LogP contribution in [0.3, 0.4) is 0 Å². The lowest BCUT2D eigenvalue weighted by atomic mass is 10.2. The van der Waals surface area contributed by atoms with Gasteiger partial charge in [0.25, 0.3) is 5.91 Å². The third-order valence-corrected chi connectivity index (χ3v) is 4.10. The van der Waals surface area contributed by atoms with E-state index in [1.165, 1.54) is 18.3 Å². The summed E-state index contributed by atoms with van der Waals surface area (Å²) in [4.78, 5) is 12.5. The van der Waals surface area contributed by atoms with Gasteiger partial charge < -0.3 is 15.4 Å². The molecule has 1 fully saturated rings. The number of carbonyl (C=O) groups is 1. The molecular weight excluding hydrogens is 335 g/mol. The number of aromatic nitrogens is 2. The highest BCUT2D eigenvalue weighted by atomic mass is 35.5. The van der Waals surface area contributed by atoms with Crippen molar-refractivity contribution in [1.29, 1.82) is 0 Å². The Hall–Kier alpha value is -1.96. The van der Waals surface area contributed by atoms with Crippen LogP contribution in [-0.2, 0) is 4.74 Å². The fraction of sp³-hybridized carbons (Fsp3) is 0.375. The van der Waals surface area contributed by atoms with Crippen LogP contribution in [0.2, 0.25) is 0 Å². The van der Waals surface area contributed by atoms with E-state index in [1.54, 1.807) is 23.9 Å². The first-order valence-electron chi connectivity index (χ1n) is 7.45. The monoisotopic (exact) mass is 354 g/mol. The highest BCUT2D eigenvalue weighted by molar-refractivity contribution is 5.95. The first kappa shape index (κ1) is 18.4. The van der Waals surface area contributed by atoms with Gasteiger partial charge in [-0.2, -0.15) is 5.10 Å². The molecule has 0 saturated carbocycles. The molecule has 130 valence electrons. The fourth-order valence-electron chi connectivity index (χ4n) is 2.77. The van der Waals surface area contributed by atoms with Crippen molar-refractivity contribution in [2.75, 3.05) is 20.2 Å². The van der Waals surface area contributed by atoms with Crippen LogP contribution < -0.4 is 10.6 Å². The van der Waals surface area contributed by atoms with Crippen LogP contribution in [0.4, 0.5) is 4.39 Å². The van der Waals surface area contributed by atoms with Crippen LogP contribution in [0.1, 0.15) is 16.1 Å². The van der Waals surface area contributed by atoms with Crippen molar-refractivity contribution in [3.8, 4) is 5.69 Å². The average molecular weight is 355 g/mol. The molecule has 6 nitrogen and oxygen atoms in total. The second kappa shape index (κ2) is 7.74. The summed E-state index contributed by atoms with van der Waals surface area (Å²) in [7, 11) is 1.63. The summed E-state index contributed by atoms with van der Waals surface area (Å²) >= 11 is 0. The van der Waals surface area contributed by atoms with Gasteiger partial charge in [-0.25, -0.2) is 9.07 Å². The van der Waals surface area contributed by atoms with Crippen LogP contribution in [0.5, 0.6) is 0 Å². The molecule has 1 aromatic carbocycles. The highest BCUT2D eigenvalue weighted by Gasteiger charge is 2.29. The number of halogens is 2. The Morgan fingerprint density at radius 2 is 2.08 bits per heavy atom. The minimum Gasteiger partial charge on any atom is -0.378 e. The number of rotatable bonds is 4. The van der Waals surface area contributed by atoms with Gasteiger partial charge in [0.15, 0.2) is 0 Å². The molecule has 24 heavy (non-hydrogen) atoms. The zero-order valence-corrected chi connectivity index (χ0v) is 14.3. The normalized spacial score (nSPS) is 19.8. The second-order valence-corrected chi connectivity index (χ2v) is 5.54. The molecule has 2 N–H and O–H groups in total. The number of ether oxygens (including phenoxy) is 1. The maximum absolute atomic E-state index is 13.0. The zero-order chi connectivity index (χ0) is 16.4. The van der Waals surface area contributed by atoms with E-state index in [0.717, 1.165) is 6.54 Å². The van der Waals surface area contributed by atoms with Crippen molar-refractivity contribution in [3.63, 3.8) is 0 Å². The predicted molar refractivity (Wildman–Crippen MR) is 90.4 cm³/mol. The molecule has 2 atom stereocenters. The molecule has 1 aliphatic heterocycles. The number of nitrogens with one attached hydrogen (secondary N) is 2. The molecule has 0 spiro atoms. The molecule has 0 aliphatic carbocycles. The lowest BCUT2D eigenvalue weighted by Crippen LogP contribution is -2.43. The number of amides is 1. The maximum atomic E-state index is 13.0. The van der Waals surface area contributed by atoms with E-state index in [9.17, 15) is 9.18 Å². The summed E-state index contributed by atoms with van der Waals surface area (Å²) in [6.45, 7) is 3.20. The largest absolute Gasteiger partial charge is 0.378 e. The summed E-state index contributed by atoms with van der Waals surface area (Å²) in [6, 6.07) is 5.91. The summed E-state index contributed by atoms with van der Waals surface area (Å²) in [5, 5.41) is 10.4. The van der Waals surface area contributed by atoms with Crippen molar-refractivity contribution in [1.82, 2.24) is 20.4 Å². The quantitative estimate of drug-likeness (QED) is 0.872. The molecule has 1 saturated heterocycles. The minimum atomic E-state index is -0.309. The van der Waals surface area contributed by atoms with Crippen LogP contribution in [0, 0.1) is 12.7 Å². The minimum absolute atomic E-state index is 0. The van der Waals surface area contributed by atoms with Crippen LogP contribution in [0.25, 0.3) is 5.69 Å². The zero-order valence-electron chi connectivity index (χ0n) is 13.5. The first-order chi connectivity index (χ1) is 11.1. The number of benzene rings is 1. The molecule has 3 rings (SSSR count). The Labute approximate surface area is 145 Å². The Morgan fingerprint density at radius 1 is 1.38 bits per heavy atom. The lowest BCUT2D eigenvalue weighted by molar-refractivity contribution is 0.0779.